The Morgan fingerprint density at radius 3 is 2.00 bits per heavy atom. The molecule has 1 aromatic heterocycles. The summed E-state index contributed by atoms with van der Waals surface area (Å²) in [7, 11) is -3.75. The second-order valence-corrected chi connectivity index (χ2v) is 10.6. The van der Waals surface area contributed by atoms with Gasteiger partial charge < -0.3 is 42.1 Å². The van der Waals surface area contributed by atoms with Gasteiger partial charge in [0.2, 0.25) is 17.8 Å². The highest BCUT2D eigenvalue weighted by atomic mass is 32.3. The Morgan fingerprint density at radius 1 is 0.848 bits per heavy atom. The molecule has 1 saturated heterocycles. The van der Waals surface area contributed by atoms with Gasteiger partial charge in [-0.15, -0.1) is 0 Å². The number of esters is 4. The van der Waals surface area contributed by atoms with Crippen LogP contribution in [0.1, 0.15) is 20.8 Å². The van der Waals surface area contributed by atoms with Crippen molar-refractivity contribution < 1.29 is 74.3 Å². The van der Waals surface area contributed by atoms with Crippen molar-refractivity contribution in [1.29, 1.82) is 0 Å². The number of hydrogen-bond acceptors (Lipinski definition) is 16. The van der Waals surface area contributed by atoms with Gasteiger partial charge >= 0.3 is 34.3 Å². The van der Waals surface area contributed by atoms with Crippen LogP contribution in [0.5, 0.6) is 17.2 Å². The van der Waals surface area contributed by atoms with Crippen molar-refractivity contribution in [3.8, 4) is 28.4 Å². The number of ether oxygens (including phenoxy) is 6. The van der Waals surface area contributed by atoms with Gasteiger partial charge in [0.15, 0.2) is 18.3 Å². The van der Waals surface area contributed by atoms with Crippen molar-refractivity contribution in [3.05, 3.63) is 52.9 Å². The van der Waals surface area contributed by atoms with E-state index in [1.165, 1.54) is 30.3 Å². The van der Waals surface area contributed by atoms with E-state index in [9.17, 15) is 37.5 Å². The summed E-state index contributed by atoms with van der Waals surface area (Å²) in [6.07, 6.45) is -7.31. The molecule has 1 fully saturated rings. The standard InChI is InChI=1S/C28H26O17S/c1-12(29)40-23-24(41-13(2)30)26(42-14(3)31)28(44-25(23)27(34)38-4)43-17-9-19(32)21-20(10-17)39-11-18(22(21)33)15-5-7-16(8-6-15)45-46(35,36)37/h5-11,23-26,28,32H,1-4H3,(H,35,36,37). The van der Waals surface area contributed by atoms with Crippen LogP contribution >= 0.6 is 0 Å². The number of phenols is 1. The van der Waals surface area contributed by atoms with E-state index in [0.717, 1.165) is 40.2 Å². The highest BCUT2D eigenvalue weighted by Crippen LogP contribution is 2.35. The summed E-state index contributed by atoms with van der Waals surface area (Å²) < 4.78 is 72.6. The van der Waals surface area contributed by atoms with E-state index in [4.69, 9.17) is 37.4 Å². The Morgan fingerprint density at radius 2 is 1.43 bits per heavy atom. The maximum Gasteiger partial charge on any atom is 0.446 e. The molecule has 0 radical (unpaired) electrons. The normalized spacial score (nSPS) is 21.1. The first-order valence-corrected chi connectivity index (χ1v) is 14.4. The zero-order valence-electron chi connectivity index (χ0n) is 24.4. The Bertz CT molecular complexity index is 1830. The highest BCUT2D eigenvalue weighted by molar-refractivity contribution is 7.81. The Labute approximate surface area is 259 Å². The number of aromatic hydroxyl groups is 1. The number of carbonyl (C=O) groups excluding carboxylic acids is 4. The van der Waals surface area contributed by atoms with Gasteiger partial charge in [0, 0.05) is 32.9 Å². The van der Waals surface area contributed by atoms with Gasteiger partial charge in [0.05, 0.1) is 12.7 Å². The summed E-state index contributed by atoms with van der Waals surface area (Å²) in [5, 5.41) is 10.5. The van der Waals surface area contributed by atoms with Crippen molar-refractivity contribution in [2.45, 2.75) is 51.5 Å². The molecular formula is C28H26O17S. The molecule has 2 N–H and O–H groups in total. The Hall–Kier alpha value is -5.20. The largest absolute Gasteiger partial charge is 0.507 e. The molecule has 2 aromatic carbocycles. The third-order valence-corrected chi connectivity index (χ3v) is 6.69. The van der Waals surface area contributed by atoms with Crippen LogP contribution in [0, 0.1) is 0 Å². The molecule has 18 heteroatoms. The van der Waals surface area contributed by atoms with Gasteiger partial charge in [-0.2, -0.15) is 8.42 Å². The summed E-state index contributed by atoms with van der Waals surface area (Å²) in [4.78, 5) is 61.8. The first-order chi connectivity index (χ1) is 21.6. The number of fused-ring (bicyclic) bond motifs is 1. The number of hydrogen-bond donors (Lipinski definition) is 2. The van der Waals surface area contributed by atoms with E-state index in [0.29, 0.717) is 0 Å². The third kappa shape index (κ3) is 7.71. The molecule has 0 saturated carbocycles. The summed E-state index contributed by atoms with van der Waals surface area (Å²) in [6, 6.07) is 7.12. The lowest BCUT2D eigenvalue weighted by molar-refractivity contribution is -0.282. The van der Waals surface area contributed by atoms with Crippen LogP contribution in [0.2, 0.25) is 0 Å². The molecule has 1 aliphatic heterocycles. The predicted molar refractivity (Wildman–Crippen MR) is 150 cm³/mol. The van der Waals surface area contributed by atoms with Crippen molar-refractivity contribution in [2.75, 3.05) is 7.11 Å². The first-order valence-electron chi connectivity index (χ1n) is 13.1. The van der Waals surface area contributed by atoms with E-state index in [1.807, 2.05) is 0 Å². The number of rotatable bonds is 9. The van der Waals surface area contributed by atoms with Gasteiger partial charge in [0.1, 0.15) is 34.5 Å². The Balaban J connectivity index is 1.72. The lowest BCUT2D eigenvalue weighted by atomic mass is 9.97. The third-order valence-electron chi connectivity index (χ3n) is 6.28. The van der Waals surface area contributed by atoms with Crippen LogP contribution in [-0.4, -0.2) is 79.8 Å². The predicted octanol–water partition coefficient (Wildman–Crippen LogP) is 1.42. The molecule has 17 nitrogen and oxygen atoms in total. The van der Waals surface area contributed by atoms with E-state index >= 15 is 0 Å². The van der Waals surface area contributed by atoms with E-state index in [-0.39, 0.29) is 33.6 Å². The van der Waals surface area contributed by atoms with Crippen LogP contribution in [0.25, 0.3) is 22.1 Å². The molecule has 0 amide bonds. The lowest BCUT2D eigenvalue weighted by Gasteiger charge is -2.43. The van der Waals surface area contributed by atoms with E-state index in [2.05, 4.69) is 4.18 Å². The van der Waals surface area contributed by atoms with Crippen molar-refractivity contribution in [2.24, 2.45) is 0 Å². The zero-order chi connectivity index (χ0) is 33.9. The van der Waals surface area contributed by atoms with Gasteiger partial charge in [-0.25, -0.2) is 4.79 Å². The maximum atomic E-state index is 13.3. The number of methoxy groups -OCH3 is 1. The summed E-state index contributed by atoms with van der Waals surface area (Å²) in [5.74, 6) is -4.84. The summed E-state index contributed by atoms with van der Waals surface area (Å²) in [6.45, 7) is 3.07. The molecular weight excluding hydrogens is 640 g/mol. The minimum atomic E-state index is -4.77. The van der Waals surface area contributed by atoms with Crippen LogP contribution in [0.15, 0.2) is 51.9 Å². The minimum absolute atomic E-state index is 0.0398. The second kappa shape index (κ2) is 13.4. The highest BCUT2D eigenvalue weighted by Gasteiger charge is 2.55. The average molecular weight is 667 g/mol. The minimum Gasteiger partial charge on any atom is -0.507 e. The molecule has 0 bridgehead atoms. The molecule has 0 aliphatic carbocycles. The fraction of sp³-hybridized carbons (Fsp3) is 0.321. The van der Waals surface area contributed by atoms with Crippen LogP contribution in [-0.2, 0) is 53.3 Å². The van der Waals surface area contributed by atoms with E-state index < -0.39 is 76.2 Å². The number of phenolic OH excluding ortho intramolecular Hbond substituents is 1. The molecule has 5 unspecified atom stereocenters. The van der Waals surface area contributed by atoms with Gasteiger partial charge in [0.25, 0.3) is 0 Å². The second-order valence-electron chi connectivity index (χ2n) is 9.62. The lowest BCUT2D eigenvalue weighted by Crippen LogP contribution is -2.64. The average Bonchev–Trinajstić information content (AvgIpc) is 2.94. The van der Waals surface area contributed by atoms with Crippen LogP contribution in [0.3, 0.4) is 0 Å². The SMILES string of the molecule is COC(=O)C1OC(Oc2cc(O)c3c(=O)c(-c4ccc(OS(=O)(=O)O)cc4)coc3c2)C(OC(C)=O)C(OC(C)=O)C1OC(C)=O. The summed E-state index contributed by atoms with van der Waals surface area (Å²) >= 11 is 0. The van der Waals surface area contributed by atoms with Crippen molar-refractivity contribution >= 4 is 45.2 Å². The topological polar surface area (TPSA) is 238 Å². The zero-order valence-corrected chi connectivity index (χ0v) is 25.2. The van der Waals surface area contributed by atoms with Crippen molar-refractivity contribution in [1.82, 2.24) is 0 Å². The van der Waals surface area contributed by atoms with Gasteiger partial charge in [-0.1, -0.05) is 12.1 Å². The van der Waals surface area contributed by atoms with E-state index in [1.54, 1.807) is 0 Å². The molecule has 46 heavy (non-hydrogen) atoms. The fourth-order valence-corrected chi connectivity index (χ4v) is 4.95. The number of benzene rings is 2. The monoisotopic (exact) mass is 666 g/mol. The first kappa shape index (κ1) is 33.7. The molecule has 1 aliphatic rings. The summed E-state index contributed by atoms with van der Waals surface area (Å²) in [5.41, 5.74) is -0.688. The van der Waals surface area contributed by atoms with Crippen LogP contribution < -0.4 is 14.3 Å². The molecule has 246 valence electrons. The molecule has 0 spiro atoms. The van der Waals surface area contributed by atoms with Crippen molar-refractivity contribution in [3.63, 3.8) is 0 Å². The van der Waals surface area contributed by atoms with Gasteiger partial charge in [-0.3, -0.25) is 23.7 Å². The molecule has 2 heterocycles. The van der Waals surface area contributed by atoms with Gasteiger partial charge in [-0.05, 0) is 17.7 Å². The van der Waals surface area contributed by atoms with Crippen LogP contribution in [0.4, 0.5) is 0 Å². The maximum absolute atomic E-state index is 13.3. The molecule has 4 rings (SSSR count). The number of carbonyl (C=O) groups is 4. The molecule has 3 aromatic rings. The Kier molecular flexibility index (Phi) is 9.83. The quantitative estimate of drug-likeness (QED) is 0.186. The smallest absolute Gasteiger partial charge is 0.446 e. The fourth-order valence-electron chi connectivity index (χ4n) is 4.60. The molecule has 5 atom stereocenters.